The first kappa shape index (κ1) is 29.2. The molecule has 0 radical (unpaired) electrons. The zero-order valence-electron chi connectivity index (χ0n) is 24.3. The summed E-state index contributed by atoms with van der Waals surface area (Å²) in [5.41, 5.74) is 3.65. The SMILES string of the molecule is COc1ccc([C@H](CC(=O)c2ccccc2)N2CCN([C@@H](CC(=O)c3ccccc3)c3ccc(OC)cc3)CC2)cc1. The van der Waals surface area contributed by atoms with Gasteiger partial charge in [-0.1, -0.05) is 84.9 Å². The van der Waals surface area contributed by atoms with Crippen LogP contribution in [-0.2, 0) is 0 Å². The van der Waals surface area contributed by atoms with E-state index < -0.39 is 0 Å². The fourth-order valence-corrected chi connectivity index (χ4v) is 5.76. The molecule has 1 fully saturated rings. The summed E-state index contributed by atoms with van der Waals surface area (Å²) in [6.07, 6.45) is 0.787. The second kappa shape index (κ2) is 14.1. The van der Waals surface area contributed by atoms with Crippen LogP contribution in [0.3, 0.4) is 0 Å². The summed E-state index contributed by atoms with van der Waals surface area (Å²) in [6.45, 7) is 3.13. The van der Waals surface area contributed by atoms with E-state index >= 15 is 0 Å². The average molecular weight is 563 g/mol. The average Bonchev–Trinajstić information content (AvgIpc) is 3.07. The number of nitrogens with zero attached hydrogens (tertiary/aromatic N) is 2. The van der Waals surface area contributed by atoms with Gasteiger partial charge in [-0.15, -0.1) is 0 Å². The molecule has 42 heavy (non-hydrogen) atoms. The highest BCUT2D eigenvalue weighted by molar-refractivity contribution is 5.97. The Labute approximate surface area is 248 Å². The van der Waals surface area contributed by atoms with E-state index in [-0.39, 0.29) is 23.7 Å². The largest absolute Gasteiger partial charge is 0.497 e. The maximum Gasteiger partial charge on any atom is 0.164 e. The monoisotopic (exact) mass is 562 g/mol. The minimum atomic E-state index is -0.0591. The van der Waals surface area contributed by atoms with Crippen molar-refractivity contribution < 1.29 is 19.1 Å². The van der Waals surface area contributed by atoms with E-state index in [4.69, 9.17) is 9.47 Å². The predicted molar refractivity (Wildman–Crippen MR) is 165 cm³/mol. The Bertz CT molecular complexity index is 1320. The number of carbonyl (C=O) groups is 2. The molecule has 0 amide bonds. The van der Waals surface area contributed by atoms with Gasteiger partial charge in [0.1, 0.15) is 11.5 Å². The summed E-state index contributed by atoms with van der Waals surface area (Å²) in [7, 11) is 3.32. The lowest BCUT2D eigenvalue weighted by atomic mass is 9.94. The van der Waals surface area contributed by atoms with Gasteiger partial charge in [0, 0.05) is 62.2 Å². The Morgan fingerprint density at radius 3 is 1.19 bits per heavy atom. The standard InChI is InChI=1S/C36H38N2O4/c1-41-31-17-13-27(14-18-31)33(25-35(39)29-9-5-3-6-10-29)37-21-23-38(24-22-37)34(28-15-19-32(42-2)20-16-28)26-36(40)30-11-7-4-8-12-30/h3-20,33-34H,21-26H2,1-2H3/t33-,34-/m0/s1. The molecule has 4 aromatic carbocycles. The zero-order chi connectivity index (χ0) is 29.3. The van der Waals surface area contributed by atoms with Crippen molar-refractivity contribution in [3.8, 4) is 11.5 Å². The van der Waals surface area contributed by atoms with Gasteiger partial charge in [0.25, 0.3) is 0 Å². The van der Waals surface area contributed by atoms with Gasteiger partial charge in [0.2, 0.25) is 0 Å². The summed E-state index contributed by atoms with van der Waals surface area (Å²) in [5.74, 6) is 1.84. The normalized spacial score (nSPS) is 15.5. The number of methoxy groups -OCH3 is 2. The highest BCUT2D eigenvalue weighted by Gasteiger charge is 2.31. The number of rotatable bonds is 12. The number of piperazine rings is 1. The minimum absolute atomic E-state index is 0.0591. The molecule has 0 unspecified atom stereocenters. The fourth-order valence-electron chi connectivity index (χ4n) is 5.76. The molecule has 1 heterocycles. The first-order chi connectivity index (χ1) is 20.6. The van der Waals surface area contributed by atoms with Crippen molar-refractivity contribution in [2.75, 3.05) is 40.4 Å². The molecule has 2 atom stereocenters. The number of Topliss-reactive ketones (excluding diaryl/α,β-unsaturated/α-hetero) is 2. The van der Waals surface area contributed by atoms with E-state index in [0.717, 1.165) is 59.9 Å². The van der Waals surface area contributed by atoms with Crippen molar-refractivity contribution in [3.05, 3.63) is 131 Å². The lowest BCUT2D eigenvalue weighted by Gasteiger charge is -2.42. The van der Waals surface area contributed by atoms with Crippen LogP contribution >= 0.6 is 0 Å². The predicted octanol–water partition coefficient (Wildman–Crippen LogP) is 6.65. The third-order valence-corrected chi connectivity index (χ3v) is 8.18. The molecule has 4 aromatic rings. The quantitative estimate of drug-likeness (QED) is 0.180. The highest BCUT2D eigenvalue weighted by Crippen LogP contribution is 2.33. The topological polar surface area (TPSA) is 59.1 Å². The summed E-state index contributed by atoms with van der Waals surface area (Å²) in [6, 6.07) is 35.0. The van der Waals surface area contributed by atoms with Crippen molar-refractivity contribution >= 4 is 11.6 Å². The van der Waals surface area contributed by atoms with E-state index in [1.807, 2.05) is 84.9 Å². The summed E-state index contributed by atoms with van der Waals surface area (Å²) in [4.78, 5) is 31.5. The third kappa shape index (κ3) is 7.14. The Kier molecular flexibility index (Phi) is 9.80. The van der Waals surface area contributed by atoms with E-state index in [2.05, 4.69) is 34.1 Å². The van der Waals surface area contributed by atoms with Gasteiger partial charge in [-0.3, -0.25) is 19.4 Å². The van der Waals surface area contributed by atoms with Gasteiger partial charge < -0.3 is 9.47 Å². The van der Waals surface area contributed by atoms with Gasteiger partial charge in [0.15, 0.2) is 11.6 Å². The van der Waals surface area contributed by atoms with E-state index in [0.29, 0.717) is 12.8 Å². The summed E-state index contributed by atoms with van der Waals surface area (Å²) < 4.78 is 10.8. The third-order valence-electron chi connectivity index (χ3n) is 8.18. The number of hydrogen-bond acceptors (Lipinski definition) is 6. The molecule has 0 spiro atoms. The first-order valence-electron chi connectivity index (χ1n) is 14.5. The van der Waals surface area contributed by atoms with E-state index in [1.54, 1.807) is 14.2 Å². The molecule has 6 nitrogen and oxygen atoms in total. The smallest absolute Gasteiger partial charge is 0.164 e. The van der Waals surface area contributed by atoms with Crippen molar-refractivity contribution in [1.82, 2.24) is 9.80 Å². The van der Waals surface area contributed by atoms with Gasteiger partial charge in [-0.05, 0) is 35.4 Å². The van der Waals surface area contributed by atoms with Gasteiger partial charge in [-0.25, -0.2) is 0 Å². The second-order valence-corrected chi connectivity index (χ2v) is 10.6. The number of ether oxygens (including phenoxy) is 2. The van der Waals surface area contributed by atoms with E-state index in [1.165, 1.54) is 0 Å². The molecule has 216 valence electrons. The number of carbonyl (C=O) groups excluding carboxylic acids is 2. The zero-order valence-corrected chi connectivity index (χ0v) is 24.3. The van der Waals surface area contributed by atoms with Crippen molar-refractivity contribution in [2.24, 2.45) is 0 Å². The van der Waals surface area contributed by atoms with Crippen LogP contribution in [0.15, 0.2) is 109 Å². The summed E-state index contributed by atoms with van der Waals surface area (Å²) >= 11 is 0. The number of ketones is 2. The maximum absolute atomic E-state index is 13.4. The van der Waals surface area contributed by atoms with Gasteiger partial charge >= 0.3 is 0 Å². The van der Waals surface area contributed by atoms with Crippen LogP contribution < -0.4 is 9.47 Å². The van der Waals surface area contributed by atoms with Crippen molar-refractivity contribution in [1.29, 1.82) is 0 Å². The Morgan fingerprint density at radius 2 is 0.881 bits per heavy atom. The van der Waals surface area contributed by atoms with Gasteiger partial charge in [0.05, 0.1) is 14.2 Å². The van der Waals surface area contributed by atoms with Crippen LogP contribution in [0.1, 0.15) is 56.8 Å². The molecular formula is C36H38N2O4. The van der Waals surface area contributed by atoms with Gasteiger partial charge in [-0.2, -0.15) is 0 Å². The maximum atomic E-state index is 13.4. The highest BCUT2D eigenvalue weighted by atomic mass is 16.5. The second-order valence-electron chi connectivity index (χ2n) is 10.6. The molecular weight excluding hydrogens is 524 g/mol. The number of hydrogen-bond donors (Lipinski definition) is 0. The van der Waals surface area contributed by atoms with Crippen LogP contribution in [0, 0.1) is 0 Å². The molecule has 5 rings (SSSR count). The fraction of sp³-hybridized carbons (Fsp3) is 0.278. The molecule has 1 aliphatic heterocycles. The lowest BCUT2D eigenvalue weighted by Crippen LogP contribution is -2.49. The van der Waals surface area contributed by atoms with Crippen LogP contribution in [-0.4, -0.2) is 61.8 Å². The van der Waals surface area contributed by atoms with Crippen LogP contribution in [0.25, 0.3) is 0 Å². The lowest BCUT2D eigenvalue weighted by molar-refractivity contribution is 0.0557. The molecule has 1 aliphatic rings. The molecule has 0 N–H and O–H groups in total. The molecule has 0 saturated carbocycles. The minimum Gasteiger partial charge on any atom is -0.497 e. The molecule has 1 saturated heterocycles. The van der Waals surface area contributed by atoms with Crippen LogP contribution in [0.4, 0.5) is 0 Å². The molecule has 0 aliphatic carbocycles. The Balaban J connectivity index is 1.35. The Morgan fingerprint density at radius 1 is 0.548 bits per heavy atom. The first-order valence-corrected chi connectivity index (χ1v) is 14.5. The van der Waals surface area contributed by atoms with Crippen molar-refractivity contribution in [3.63, 3.8) is 0 Å². The number of benzene rings is 4. The van der Waals surface area contributed by atoms with Crippen LogP contribution in [0.2, 0.25) is 0 Å². The van der Waals surface area contributed by atoms with E-state index in [9.17, 15) is 9.59 Å². The Hall–Kier alpha value is -4.26. The summed E-state index contributed by atoms with van der Waals surface area (Å²) in [5, 5.41) is 0. The molecule has 0 bridgehead atoms. The molecule has 6 heteroatoms. The van der Waals surface area contributed by atoms with Crippen molar-refractivity contribution in [2.45, 2.75) is 24.9 Å². The van der Waals surface area contributed by atoms with Crippen LogP contribution in [0.5, 0.6) is 11.5 Å². The molecule has 0 aromatic heterocycles.